The van der Waals surface area contributed by atoms with Gasteiger partial charge in [-0.25, -0.2) is 4.98 Å². The second-order valence-corrected chi connectivity index (χ2v) is 12.2. The Morgan fingerprint density at radius 2 is 1.06 bits per heavy atom. The summed E-state index contributed by atoms with van der Waals surface area (Å²) in [6.45, 7) is 0. The van der Waals surface area contributed by atoms with Crippen molar-refractivity contribution in [2.45, 2.75) is 0 Å². The molecular weight excluding hydrogens is 587 g/mol. The van der Waals surface area contributed by atoms with Crippen LogP contribution in [0.2, 0.25) is 0 Å². The topological polar surface area (TPSA) is 43.9 Å². The first-order chi connectivity index (χ1) is 23.8. The largest absolute Gasteiger partial charge is 0.456 e. The number of hydrogen-bond acceptors (Lipinski definition) is 3. The molecule has 0 saturated heterocycles. The molecule has 4 heteroatoms. The highest BCUT2D eigenvalue weighted by atomic mass is 16.3. The molecule has 48 heavy (non-hydrogen) atoms. The van der Waals surface area contributed by atoms with Crippen molar-refractivity contribution in [1.82, 2.24) is 14.5 Å². The molecule has 0 atom stereocenters. The van der Waals surface area contributed by atoms with Crippen LogP contribution in [0.3, 0.4) is 0 Å². The Labute approximate surface area is 276 Å². The molecule has 0 amide bonds. The lowest BCUT2D eigenvalue weighted by atomic mass is 9.95. The average molecular weight is 614 g/mol. The zero-order valence-corrected chi connectivity index (χ0v) is 25.8. The maximum Gasteiger partial charge on any atom is 0.156 e. The van der Waals surface area contributed by atoms with Gasteiger partial charge in [-0.15, -0.1) is 0 Å². The Kier molecular flexibility index (Phi) is 5.84. The zero-order chi connectivity index (χ0) is 31.6. The summed E-state index contributed by atoms with van der Waals surface area (Å²) in [4.78, 5) is 10.2. The first-order valence-electron chi connectivity index (χ1n) is 16.1. The van der Waals surface area contributed by atoms with Gasteiger partial charge in [0.2, 0.25) is 0 Å². The SMILES string of the molecule is c1ccc(-c2cc(-c3ccccc3)cc(-c3cnc(-n4c5ccccc5c5ccc6oc7ccc8ccccc8c7c6c54)cn3)c2)cc1. The van der Waals surface area contributed by atoms with E-state index in [0.29, 0.717) is 0 Å². The first kappa shape index (κ1) is 26.7. The number of fused-ring (bicyclic) bond motifs is 9. The van der Waals surface area contributed by atoms with E-state index in [4.69, 9.17) is 14.4 Å². The summed E-state index contributed by atoms with van der Waals surface area (Å²) in [6.07, 6.45) is 3.80. The van der Waals surface area contributed by atoms with E-state index in [2.05, 4.69) is 144 Å². The molecule has 0 saturated carbocycles. The van der Waals surface area contributed by atoms with Crippen molar-refractivity contribution in [1.29, 1.82) is 0 Å². The van der Waals surface area contributed by atoms with Crippen molar-refractivity contribution in [2.75, 3.05) is 0 Å². The minimum Gasteiger partial charge on any atom is -0.456 e. The maximum absolute atomic E-state index is 6.48. The van der Waals surface area contributed by atoms with Crippen LogP contribution in [0.4, 0.5) is 0 Å². The number of aromatic nitrogens is 3. The number of furan rings is 1. The van der Waals surface area contributed by atoms with Crippen LogP contribution in [-0.4, -0.2) is 14.5 Å². The van der Waals surface area contributed by atoms with Crippen molar-refractivity contribution < 1.29 is 4.42 Å². The Bertz CT molecular complexity index is 2760. The van der Waals surface area contributed by atoms with Crippen LogP contribution in [0, 0.1) is 0 Å². The van der Waals surface area contributed by atoms with Crippen LogP contribution in [0.5, 0.6) is 0 Å². The summed E-state index contributed by atoms with van der Waals surface area (Å²) in [5, 5.41) is 6.88. The summed E-state index contributed by atoms with van der Waals surface area (Å²) >= 11 is 0. The van der Waals surface area contributed by atoms with Gasteiger partial charge in [-0.05, 0) is 75.5 Å². The van der Waals surface area contributed by atoms with Crippen LogP contribution in [0.25, 0.3) is 93.8 Å². The second kappa shape index (κ2) is 10.5. The molecule has 10 aromatic rings. The average Bonchev–Trinajstić information content (AvgIpc) is 3.72. The third kappa shape index (κ3) is 4.10. The number of para-hydroxylation sites is 1. The fraction of sp³-hybridized carbons (Fsp3) is 0. The summed E-state index contributed by atoms with van der Waals surface area (Å²) in [5.74, 6) is 0.759. The van der Waals surface area contributed by atoms with Gasteiger partial charge < -0.3 is 4.42 Å². The summed E-state index contributed by atoms with van der Waals surface area (Å²) in [7, 11) is 0. The third-order valence-electron chi connectivity index (χ3n) is 9.47. The predicted octanol–water partition coefficient (Wildman–Crippen LogP) is 11.6. The first-order valence-corrected chi connectivity index (χ1v) is 16.1. The molecule has 0 aliphatic carbocycles. The molecule has 0 spiro atoms. The van der Waals surface area contributed by atoms with Gasteiger partial charge in [-0.1, -0.05) is 109 Å². The molecule has 4 nitrogen and oxygen atoms in total. The Hall–Kier alpha value is -6.52. The van der Waals surface area contributed by atoms with Gasteiger partial charge in [0.05, 0.1) is 34.5 Å². The van der Waals surface area contributed by atoms with Gasteiger partial charge in [-0.3, -0.25) is 9.55 Å². The van der Waals surface area contributed by atoms with Crippen molar-refractivity contribution in [3.05, 3.63) is 164 Å². The van der Waals surface area contributed by atoms with Crippen LogP contribution >= 0.6 is 0 Å². The lowest BCUT2D eigenvalue weighted by Crippen LogP contribution is -1.99. The van der Waals surface area contributed by atoms with Crippen molar-refractivity contribution in [2.24, 2.45) is 0 Å². The normalized spacial score (nSPS) is 11.8. The number of rotatable bonds is 4. The van der Waals surface area contributed by atoms with E-state index in [9.17, 15) is 0 Å². The third-order valence-corrected chi connectivity index (χ3v) is 9.47. The number of nitrogens with zero attached hydrogens (tertiary/aromatic N) is 3. The highest BCUT2D eigenvalue weighted by Gasteiger charge is 2.21. The van der Waals surface area contributed by atoms with Gasteiger partial charge in [0.1, 0.15) is 11.2 Å². The van der Waals surface area contributed by atoms with E-state index in [1.54, 1.807) is 0 Å². The zero-order valence-electron chi connectivity index (χ0n) is 25.8. The molecule has 0 radical (unpaired) electrons. The number of hydrogen-bond donors (Lipinski definition) is 0. The molecule has 0 fully saturated rings. The molecule has 0 N–H and O–H groups in total. The highest BCUT2D eigenvalue weighted by Crippen LogP contribution is 2.43. The minimum absolute atomic E-state index is 0.759. The van der Waals surface area contributed by atoms with Gasteiger partial charge in [0.25, 0.3) is 0 Å². The molecule has 3 aromatic heterocycles. The van der Waals surface area contributed by atoms with E-state index < -0.39 is 0 Å². The lowest BCUT2D eigenvalue weighted by molar-refractivity contribution is 0.669. The molecule has 7 aromatic carbocycles. The smallest absolute Gasteiger partial charge is 0.156 e. The Morgan fingerprint density at radius 1 is 0.438 bits per heavy atom. The van der Waals surface area contributed by atoms with Gasteiger partial charge in [0, 0.05) is 21.7 Å². The lowest BCUT2D eigenvalue weighted by Gasteiger charge is -2.12. The molecule has 3 heterocycles. The molecule has 10 rings (SSSR count). The monoisotopic (exact) mass is 613 g/mol. The van der Waals surface area contributed by atoms with Crippen LogP contribution in [-0.2, 0) is 0 Å². The number of benzene rings is 7. The Balaban J connectivity index is 1.20. The summed E-state index contributed by atoms with van der Waals surface area (Å²) in [6, 6.07) is 53.2. The molecule has 0 aliphatic rings. The van der Waals surface area contributed by atoms with Gasteiger partial charge in [0.15, 0.2) is 5.82 Å². The van der Waals surface area contributed by atoms with Gasteiger partial charge in [-0.2, -0.15) is 0 Å². The summed E-state index contributed by atoms with van der Waals surface area (Å²) in [5.41, 5.74) is 10.3. The van der Waals surface area contributed by atoms with Crippen molar-refractivity contribution in [3.63, 3.8) is 0 Å². The van der Waals surface area contributed by atoms with Crippen molar-refractivity contribution in [3.8, 4) is 39.3 Å². The van der Waals surface area contributed by atoms with Crippen molar-refractivity contribution >= 4 is 54.5 Å². The standard InChI is InChI=1S/C44H27N3O/c1-3-11-28(12-4-1)31-23-32(29-13-5-2-6-14-29)25-33(24-31)37-26-46-41(27-45-37)47-38-18-10-9-17-35(38)36-20-22-40-43(44(36)47)42-34-16-8-7-15-30(34)19-21-39(42)48-40/h1-27H. The second-order valence-electron chi connectivity index (χ2n) is 12.2. The molecule has 224 valence electrons. The highest BCUT2D eigenvalue weighted by molar-refractivity contribution is 6.29. The van der Waals surface area contributed by atoms with E-state index >= 15 is 0 Å². The summed E-state index contributed by atoms with van der Waals surface area (Å²) < 4.78 is 8.72. The minimum atomic E-state index is 0.759. The predicted molar refractivity (Wildman–Crippen MR) is 197 cm³/mol. The fourth-order valence-electron chi connectivity index (χ4n) is 7.27. The molecular formula is C44H27N3O. The quantitative estimate of drug-likeness (QED) is 0.198. The molecule has 0 unspecified atom stereocenters. The van der Waals surface area contributed by atoms with Crippen LogP contribution < -0.4 is 0 Å². The van der Waals surface area contributed by atoms with E-state index in [0.717, 1.165) is 83.1 Å². The van der Waals surface area contributed by atoms with Crippen LogP contribution in [0.1, 0.15) is 0 Å². The van der Waals surface area contributed by atoms with E-state index in [-0.39, 0.29) is 0 Å². The van der Waals surface area contributed by atoms with Crippen LogP contribution in [0.15, 0.2) is 168 Å². The Morgan fingerprint density at radius 3 is 1.79 bits per heavy atom. The van der Waals surface area contributed by atoms with E-state index in [1.807, 2.05) is 24.5 Å². The van der Waals surface area contributed by atoms with E-state index in [1.165, 1.54) is 10.8 Å². The molecule has 0 aliphatic heterocycles. The fourth-order valence-corrected chi connectivity index (χ4v) is 7.27. The molecule has 0 bridgehead atoms. The van der Waals surface area contributed by atoms with Gasteiger partial charge >= 0.3 is 0 Å². The maximum atomic E-state index is 6.48.